The molecule has 0 aromatic rings. The quantitative estimate of drug-likeness (QED) is 0.763. The van der Waals surface area contributed by atoms with Crippen molar-refractivity contribution >= 4 is 11.9 Å². The van der Waals surface area contributed by atoms with Gasteiger partial charge in [-0.2, -0.15) is 13.2 Å². The van der Waals surface area contributed by atoms with Gasteiger partial charge in [-0.15, -0.1) is 0 Å². The van der Waals surface area contributed by atoms with Crippen molar-refractivity contribution in [3.63, 3.8) is 0 Å². The first-order valence-corrected chi connectivity index (χ1v) is 7.16. The van der Waals surface area contributed by atoms with Gasteiger partial charge in [-0.1, -0.05) is 26.2 Å². The molecule has 2 aliphatic rings. The molecule has 2 saturated carbocycles. The minimum Gasteiger partial charge on any atom is -0.256 e. The summed E-state index contributed by atoms with van der Waals surface area (Å²) in [6.07, 6.45) is 7.36. The molecule has 100 valence electrons. The zero-order chi connectivity index (χ0) is 12.5. The third-order valence-corrected chi connectivity index (χ3v) is 4.66. The molecule has 17 heavy (non-hydrogen) atoms. The number of rotatable bonds is 3. The Balaban J connectivity index is 1.82. The van der Waals surface area contributed by atoms with E-state index >= 15 is 0 Å². The maximum Gasteiger partial charge on any atom is 0.456 e. The lowest BCUT2D eigenvalue weighted by molar-refractivity contribution is -0.0339. The highest BCUT2D eigenvalue weighted by molar-refractivity contribution is 7.98. The molecule has 2 bridgehead atoms. The Kier molecular flexibility index (Phi) is 3.98. The highest BCUT2D eigenvalue weighted by Crippen LogP contribution is 2.48. The van der Waals surface area contributed by atoms with Crippen LogP contribution in [-0.2, 0) is 0 Å². The summed E-state index contributed by atoms with van der Waals surface area (Å²) in [5.74, 6) is 1.51. The predicted octanol–water partition coefficient (Wildman–Crippen LogP) is 4.35. The lowest BCUT2D eigenvalue weighted by Gasteiger charge is -2.45. The second-order valence-corrected chi connectivity index (χ2v) is 6.94. The van der Waals surface area contributed by atoms with Crippen LogP contribution in [0, 0.1) is 17.3 Å². The molecule has 0 spiro atoms. The summed E-state index contributed by atoms with van der Waals surface area (Å²) in [5.41, 5.74) is -4.10. The Morgan fingerprint density at radius 2 is 1.82 bits per heavy atom. The minimum atomic E-state index is -4.17. The van der Waals surface area contributed by atoms with Crippen LogP contribution >= 0.6 is 11.9 Å². The van der Waals surface area contributed by atoms with Gasteiger partial charge >= 0.3 is 5.51 Å². The maximum absolute atomic E-state index is 12.1. The van der Waals surface area contributed by atoms with Crippen molar-refractivity contribution in [3.8, 4) is 0 Å². The molecule has 0 aromatic heterocycles. The Morgan fingerprint density at radius 3 is 2.35 bits per heavy atom. The van der Waals surface area contributed by atoms with E-state index in [0.717, 1.165) is 24.7 Å². The highest BCUT2D eigenvalue weighted by Gasteiger charge is 2.39. The summed E-state index contributed by atoms with van der Waals surface area (Å²) in [6, 6.07) is 0. The molecule has 2 rings (SSSR count). The van der Waals surface area contributed by atoms with Crippen molar-refractivity contribution in [2.24, 2.45) is 17.3 Å². The Labute approximate surface area is 105 Å². The molecule has 2 atom stereocenters. The molecule has 0 aliphatic heterocycles. The summed E-state index contributed by atoms with van der Waals surface area (Å²) in [7, 11) is 0. The standard InChI is InChI=1S/C12H20F3NS/c1-11(8-16-17-12(13,14)15)6-9-3-2-4-10(5-9)7-11/h9-10,16H,2-8H2,1H3. The molecule has 1 N–H and O–H groups in total. The Morgan fingerprint density at radius 1 is 1.24 bits per heavy atom. The third-order valence-electron chi connectivity index (χ3n) is 4.14. The smallest absolute Gasteiger partial charge is 0.256 e. The molecule has 2 aliphatic carbocycles. The van der Waals surface area contributed by atoms with Gasteiger partial charge in [0.05, 0.1) is 0 Å². The van der Waals surface area contributed by atoms with Gasteiger partial charge in [-0.05, 0) is 36.5 Å². The van der Waals surface area contributed by atoms with Crippen LogP contribution in [0.2, 0.25) is 0 Å². The van der Waals surface area contributed by atoms with Crippen LogP contribution in [0.25, 0.3) is 0 Å². The van der Waals surface area contributed by atoms with Gasteiger partial charge in [-0.25, -0.2) is 0 Å². The molecule has 0 aromatic carbocycles. The monoisotopic (exact) mass is 267 g/mol. The second-order valence-electron chi connectivity index (χ2n) is 5.99. The fraction of sp³-hybridized carbons (Fsp3) is 1.00. The van der Waals surface area contributed by atoms with Crippen molar-refractivity contribution in [3.05, 3.63) is 0 Å². The highest BCUT2D eigenvalue weighted by atomic mass is 32.2. The normalized spacial score (nSPS) is 38.1. The molecule has 0 amide bonds. The lowest BCUT2D eigenvalue weighted by Crippen LogP contribution is -2.39. The van der Waals surface area contributed by atoms with Crippen LogP contribution < -0.4 is 4.72 Å². The molecule has 0 heterocycles. The summed E-state index contributed by atoms with van der Waals surface area (Å²) < 4.78 is 38.7. The number of halogens is 3. The molecule has 5 heteroatoms. The van der Waals surface area contributed by atoms with E-state index in [1.54, 1.807) is 0 Å². The summed E-state index contributed by atoms with van der Waals surface area (Å²) in [6.45, 7) is 2.62. The molecule has 2 unspecified atom stereocenters. The van der Waals surface area contributed by atoms with Gasteiger partial charge in [0, 0.05) is 18.5 Å². The van der Waals surface area contributed by atoms with Crippen molar-refractivity contribution in [1.29, 1.82) is 0 Å². The number of nitrogens with one attached hydrogen (secondary N) is 1. The topological polar surface area (TPSA) is 12.0 Å². The van der Waals surface area contributed by atoms with Crippen LogP contribution in [-0.4, -0.2) is 12.1 Å². The molecule has 0 radical (unpaired) electrons. The van der Waals surface area contributed by atoms with Gasteiger partial charge < -0.3 is 0 Å². The average Bonchev–Trinajstić information content (AvgIpc) is 2.13. The first-order valence-electron chi connectivity index (χ1n) is 6.34. The van der Waals surface area contributed by atoms with Crippen LogP contribution in [0.15, 0.2) is 0 Å². The van der Waals surface area contributed by atoms with Crippen LogP contribution in [0.3, 0.4) is 0 Å². The molecule has 2 fully saturated rings. The number of hydrogen-bond donors (Lipinski definition) is 1. The van der Waals surface area contributed by atoms with E-state index < -0.39 is 5.51 Å². The maximum atomic E-state index is 12.1. The summed E-state index contributed by atoms with van der Waals surface area (Å²) >= 11 is -0.0962. The van der Waals surface area contributed by atoms with E-state index in [-0.39, 0.29) is 17.4 Å². The van der Waals surface area contributed by atoms with E-state index in [4.69, 9.17) is 0 Å². The lowest BCUT2D eigenvalue weighted by atomic mass is 9.61. The van der Waals surface area contributed by atoms with Crippen molar-refractivity contribution < 1.29 is 13.2 Å². The van der Waals surface area contributed by atoms with Gasteiger partial charge in [0.15, 0.2) is 0 Å². The zero-order valence-corrected chi connectivity index (χ0v) is 11.0. The minimum absolute atomic E-state index is 0.0618. The fourth-order valence-corrected chi connectivity index (χ4v) is 4.27. The summed E-state index contributed by atoms with van der Waals surface area (Å²) in [5, 5.41) is 0. The van der Waals surface area contributed by atoms with E-state index in [0.29, 0.717) is 6.54 Å². The number of fused-ring (bicyclic) bond motifs is 2. The average molecular weight is 267 g/mol. The SMILES string of the molecule is CC1(CNSC(F)(F)F)CC2CCCC(C2)C1. The summed E-state index contributed by atoms with van der Waals surface area (Å²) in [4.78, 5) is 0. The van der Waals surface area contributed by atoms with E-state index in [9.17, 15) is 13.2 Å². The predicted molar refractivity (Wildman–Crippen MR) is 64.4 cm³/mol. The number of alkyl halides is 3. The molecular weight excluding hydrogens is 247 g/mol. The first kappa shape index (κ1) is 13.5. The van der Waals surface area contributed by atoms with Crippen molar-refractivity contribution in [1.82, 2.24) is 4.72 Å². The largest absolute Gasteiger partial charge is 0.456 e. The van der Waals surface area contributed by atoms with E-state index in [2.05, 4.69) is 11.6 Å². The van der Waals surface area contributed by atoms with E-state index in [1.165, 1.54) is 25.7 Å². The first-order chi connectivity index (χ1) is 7.86. The Hall–Kier alpha value is 0.100. The van der Waals surface area contributed by atoms with Crippen molar-refractivity contribution in [2.75, 3.05) is 6.54 Å². The van der Waals surface area contributed by atoms with Crippen LogP contribution in [0.5, 0.6) is 0 Å². The van der Waals surface area contributed by atoms with Crippen molar-refractivity contribution in [2.45, 2.75) is 51.0 Å². The van der Waals surface area contributed by atoms with Gasteiger partial charge in [0.2, 0.25) is 0 Å². The van der Waals surface area contributed by atoms with Gasteiger partial charge in [0.1, 0.15) is 0 Å². The molecule has 0 saturated heterocycles. The fourth-order valence-electron chi connectivity index (χ4n) is 3.69. The van der Waals surface area contributed by atoms with Crippen LogP contribution in [0.1, 0.15) is 45.4 Å². The third kappa shape index (κ3) is 4.05. The van der Waals surface area contributed by atoms with Gasteiger partial charge in [0.25, 0.3) is 0 Å². The number of hydrogen-bond acceptors (Lipinski definition) is 2. The molecule has 1 nitrogen and oxygen atoms in total. The zero-order valence-electron chi connectivity index (χ0n) is 10.1. The second kappa shape index (κ2) is 5.00. The Bertz CT molecular complexity index is 255. The van der Waals surface area contributed by atoms with E-state index in [1.807, 2.05) is 0 Å². The van der Waals surface area contributed by atoms with Crippen LogP contribution in [0.4, 0.5) is 13.2 Å². The molecular formula is C12H20F3NS. The van der Waals surface area contributed by atoms with Gasteiger partial charge in [-0.3, -0.25) is 4.72 Å².